The molecule has 0 aliphatic heterocycles. The van der Waals surface area contributed by atoms with Gasteiger partial charge in [0.25, 0.3) is 0 Å². The third kappa shape index (κ3) is 7.26. The summed E-state index contributed by atoms with van der Waals surface area (Å²) < 4.78 is 39.4. The molecule has 2 rings (SSSR count). The van der Waals surface area contributed by atoms with E-state index in [9.17, 15) is 13.2 Å². The summed E-state index contributed by atoms with van der Waals surface area (Å²) >= 11 is 1.55. The lowest BCUT2D eigenvalue weighted by Crippen LogP contribution is -2.47. The normalized spacial score (nSPS) is 13.1. The van der Waals surface area contributed by atoms with Gasteiger partial charge in [0.05, 0.1) is 12.0 Å². The van der Waals surface area contributed by atoms with Crippen LogP contribution in [-0.2, 0) is 26.1 Å². The first-order chi connectivity index (χ1) is 14.6. The summed E-state index contributed by atoms with van der Waals surface area (Å²) in [6.07, 6.45) is 2.27. The number of nitrogens with zero attached hydrogens (tertiary/aromatic N) is 1. The van der Waals surface area contributed by atoms with Crippen molar-refractivity contribution in [3.63, 3.8) is 0 Å². The summed E-state index contributed by atoms with van der Waals surface area (Å²) in [5.41, 5.74) is 0.0639. The summed E-state index contributed by atoms with van der Waals surface area (Å²) in [7, 11) is -2.47. The summed E-state index contributed by atoms with van der Waals surface area (Å²) in [5, 5.41) is 0. The van der Waals surface area contributed by atoms with Crippen molar-refractivity contribution in [2.45, 2.75) is 50.3 Å². The first-order valence-corrected chi connectivity index (χ1v) is 12.8. The summed E-state index contributed by atoms with van der Waals surface area (Å²) in [4.78, 5) is 13.2. The number of rotatable bonds is 10. The Morgan fingerprint density at radius 3 is 2.19 bits per heavy atom. The molecule has 2 aromatic carbocycles. The Balaban J connectivity index is 2.52. The van der Waals surface area contributed by atoms with Gasteiger partial charge in [-0.2, -0.15) is 16.1 Å². The summed E-state index contributed by atoms with van der Waals surface area (Å²) in [6, 6.07) is 14.5. The van der Waals surface area contributed by atoms with Crippen LogP contribution in [0, 0.1) is 0 Å². The SMILES string of the molecule is COc1ccc(S(=O)(=O)N(Cc2ccccc2)[C@H](CCSC)C(=O)OC(C)(C)C)cc1. The van der Waals surface area contributed by atoms with E-state index in [1.54, 1.807) is 44.7 Å². The van der Waals surface area contributed by atoms with Crippen LogP contribution in [0.25, 0.3) is 0 Å². The van der Waals surface area contributed by atoms with Gasteiger partial charge in [-0.25, -0.2) is 8.42 Å². The van der Waals surface area contributed by atoms with E-state index in [0.717, 1.165) is 5.56 Å². The number of thioether (sulfide) groups is 1. The number of hydrogen-bond donors (Lipinski definition) is 0. The smallest absolute Gasteiger partial charge is 0.325 e. The highest BCUT2D eigenvalue weighted by molar-refractivity contribution is 7.98. The van der Waals surface area contributed by atoms with Gasteiger partial charge in [0, 0.05) is 6.54 Å². The number of ether oxygens (including phenoxy) is 2. The lowest BCUT2D eigenvalue weighted by atomic mass is 10.1. The maximum Gasteiger partial charge on any atom is 0.325 e. The summed E-state index contributed by atoms with van der Waals surface area (Å²) in [6.45, 7) is 5.38. The van der Waals surface area contributed by atoms with Gasteiger partial charge >= 0.3 is 5.97 Å². The molecule has 0 saturated carbocycles. The number of carbonyl (C=O) groups is 1. The highest BCUT2D eigenvalue weighted by atomic mass is 32.2. The molecule has 0 spiro atoms. The first kappa shape index (κ1) is 25.2. The fraction of sp³-hybridized carbons (Fsp3) is 0.435. The van der Waals surface area contributed by atoms with Crippen molar-refractivity contribution in [2.75, 3.05) is 19.1 Å². The van der Waals surface area contributed by atoms with E-state index in [1.165, 1.54) is 23.5 Å². The van der Waals surface area contributed by atoms with Crippen LogP contribution in [-0.4, -0.2) is 49.5 Å². The van der Waals surface area contributed by atoms with E-state index in [4.69, 9.17) is 9.47 Å². The van der Waals surface area contributed by atoms with Gasteiger partial charge in [0.1, 0.15) is 17.4 Å². The van der Waals surface area contributed by atoms with Crippen LogP contribution in [0.2, 0.25) is 0 Å². The van der Waals surface area contributed by atoms with Crippen LogP contribution < -0.4 is 4.74 Å². The number of esters is 1. The standard InChI is InChI=1S/C23H31NO5S2/c1-23(2,3)29-22(25)21(15-16-30-5)24(17-18-9-7-6-8-10-18)31(26,27)20-13-11-19(28-4)12-14-20/h6-14,21H,15-17H2,1-5H3/t21-/m1/s1. The van der Waals surface area contributed by atoms with Crippen LogP contribution in [0.5, 0.6) is 5.75 Å². The minimum Gasteiger partial charge on any atom is -0.497 e. The van der Waals surface area contributed by atoms with Crippen molar-refractivity contribution in [3.8, 4) is 5.75 Å². The van der Waals surface area contributed by atoms with E-state index in [1.807, 2.05) is 36.6 Å². The van der Waals surface area contributed by atoms with Crippen molar-refractivity contribution >= 4 is 27.8 Å². The third-order valence-electron chi connectivity index (χ3n) is 4.47. The molecule has 0 aliphatic carbocycles. The highest BCUT2D eigenvalue weighted by Gasteiger charge is 2.38. The fourth-order valence-corrected chi connectivity index (χ4v) is 5.04. The Labute approximate surface area is 190 Å². The van der Waals surface area contributed by atoms with Gasteiger partial charge in [0.15, 0.2) is 0 Å². The van der Waals surface area contributed by atoms with E-state index >= 15 is 0 Å². The number of benzene rings is 2. The second-order valence-electron chi connectivity index (χ2n) is 8.04. The molecule has 8 heteroatoms. The topological polar surface area (TPSA) is 72.9 Å². The van der Waals surface area contributed by atoms with Crippen LogP contribution in [0.1, 0.15) is 32.8 Å². The Bertz CT molecular complexity index is 938. The van der Waals surface area contributed by atoms with Crippen molar-refractivity contribution in [1.29, 1.82) is 0 Å². The fourth-order valence-electron chi connectivity index (χ4n) is 2.99. The van der Waals surface area contributed by atoms with Crippen LogP contribution in [0.3, 0.4) is 0 Å². The minimum absolute atomic E-state index is 0.0630. The van der Waals surface area contributed by atoms with Gasteiger partial charge in [-0.3, -0.25) is 4.79 Å². The molecule has 0 heterocycles. The minimum atomic E-state index is -3.99. The molecule has 2 aromatic rings. The molecule has 0 N–H and O–H groups in total. The van der Waals surface area contributed by atoms with E-state index in [-0.39, 0.29) is 11.4 Å². The average Bonchev–Trinajstić information content (AvgIpc) is 2.72. The van der Waals surface area contributed by atoms with Crippen LogP contribution >= 0.6 is 11.8 Å². The molecule has 0 aliphatic rings. The number of sulfonamides is 1. The van der Waals surface area contributed by atoms with Crippen molar-refractivity contribution in [1.82, 2.24) is 4.31 Å². The van der Waals surface area contributed by atoms with Crippen molar-refractivity contribution < 1.29 is 22.7 Å². The Morgan fingerprint density at radius 1 is 1.06 bits per heavy atom. The molecule has 0 bridgehead atoms. The van der Waals surface area contributed by atoms with E-state index in [2.05, 4.69) is 0 Å². The lowest BCUT2D eigenvalue weighted by Gasteiger charge is -2.32. The van der Waals surface area contributed by atoms with Crippen LogP contribution in [0.15, 0.2) is 59.5 Å². The average molecular weight is 466 g/mol. The predicted molar refractivity (Wildman–Crippen MR) is 125 cm³/mol. The van der Waals surface area contributed by atoms with Gasteiger partial charge in [-0.05, 0) is 69.0 Å². The third-order valence-corrected chi connectivity index (χ3v) is 6.98. The lowest BCUT2D eigenvalue weighted by molar-refractivity contribution is -0.159. The zero-order chi connectivity index (χ0) is 23.1. The molecule has 0 fully saturated rings. The van der Waals surface area contributed by atoms with Gasteiger partial charge in [-0.15, -0.1) is 0 Å². The molecule has 0 radical (unpaired) electrons. The second kappa shape index (κ2) is 11.0. The molecule has 170 valence electrons. The molecule has 31 heavy (non-hydrogen) atoms. The quantitative estimate of drug-likeness (QED) is 0.486. The van der Waals surface area contributed by atoms with Gasteiger partial charge < -0.3 is 9.47 Å². The number of carbonyl (C=O) groups excluding carboxylic acids is 1. The van der Waals surface area contributed by atoms with Crippen LogP contribution in [0.4, 0.5) is 0 Å². The number of hydrogen-bond acceptors (Lipinski definition) is 6. The highest BCUT2D eigenvalue weighted by Crippen LogP contribution is 2.26. The second-order valence-corrected chi connectivity index (χ2v) is 10.9. The molecular formula is C23H31NO5S2. The zero-order valence-corrected chi connectivity index (χ0v) is 20.3. The Morgan fingerprint density at radius 2 is 1.68 bits per heavy atom. The molecule has 0 aromatic heterocycles. The summed E-state index contributed by atoms with van der Waals surface area (Å²) in [5.74, 6) is 0.627. The molecule has 1 atom stereocenters. The molecule has 6 nitrogen and oxygen atoms in total. The first-order valence-electron chi connectivity index (χ1n) is 10.00. The molecule has 0 amide bonds. The van der Waals surface area contributed by atoms with Crippen molar-refractivity contribution in [3.05, 3.63) is 60.2 Å². The van der Waals surface area contributed by atoms with E-state index < -0.39 is 27.6 Å². The maximum absolute atomic E-state index is 13.7. The van der Waals surface area contributed by atoms with Gasteiger partial charge in [-0.1, -0.05) is 30.3 Å². The molecule has 0 saturated heterocycles. The predicted octanol–water partition coefficient (Wildman–Crippen LogP) is 4.35. The van der Waals surface area contributed by atoms with Gasteiger partial charge in [0.2, 0.25) is 10.0 Å². The molecule has 0 unspecified atom stereocenters. The largest absolute Gasteiger partial charge is 0.497 e. The zero-order valence-electron chi connectivity index (χ0n) is 18.7. The maximum atomic E-state index is 13.7. The Kier molecular flexibility index (Phi) is 8.97. The van der Waals surface area contributed by atoms with E-state index in [0.29, 0.717) is 17.9 Å². The monoisotopic (exact) mass is 465 g/mol. The Hall–Kier alpha value is -2.03. The number of methoxy groups -OCH3 is 1. The van der Waals surface area contributed by atoms with Crippen molar-refractivity contribution in [2.24, 2.45) is 0 Å². The molecular weight excluding hydrogens is 434 g/mol.